The molecule has 0 saturated carbocycles. The van der Waals surface area contributed by atoms with E-state index in [1.807, 2.05) is 24.3 Å². The molecule has 1 aliphatic heterocycles. The Balaban J connectivity index is 1.33. The van der Waals surface area contributed by atoms with E-state index in [9.17, 15) is 9.59 Å². The van der Waals surface area contributed by atoms with Crippen LogP contribution in [0.2, 0.25) is 5.02 Å². The lowest BCUT2D eigenvalue weighted by Gasteiger charge is -2.35. The van der Waals surface area contributed by atoms with Crippen molar-refractivity contribution in [2.75, 3.05) is 36.4 Å². The maximum Gasteiger partial charge on any atom is 0.254 e. The zero-order valence-electron chi connectivity index (χ0n) is 18.3. The molecular weight excluding hydrogens is 456 g/mol. The second-order valence-electron chi connectivity index (χ2n) is 7.86. The largest absolute Gasteiger partial charge is 0.352 e. The minimum atomic E-state index is -0.236. The molecule has 1 saturated heterocycles. The maximum atomic E-state index is 13.0. The summed E-state index contributed by atoms with van der Waals surface area (Å²) < 4.78 is 1.74. The van der Waals surface area contributed by atoms with Gasteiger partial charge in [0.2, 0.25) is 5.91 Å². The number of rotatable bonds is 4. The van der Waals surface area contributed by atoms with Gasteiger partial charge in [0.25, 0.3) is 5.91 Å². The molecule has 1 N–H and O–H groups in total. The van der Waals surface area contributed by atoms with E-state index < -0.39 is 0 Å². The molecule has 10 nitrogen and oxygen atoms in total. The number of fused-ring (bicyclic) bond motifs is 1. The number of nitrogens with zero attached hydrogens (tertiary/aromatic N) is 7. The number of anilines is 2. The molecule has 0 bridgehead atoms. The highest BCUT2D eigenvalue weighted by molar-refractivity contribution is 6.30. The van der Waals surface area contributed by atoms with Crippen LogP contribution in [0.4, 0.5) is 11.6 Å². The molecule has 11 heteroatoms. The fraction of sp³-hybridized carbons (Fsp3) is 0.217. The van der Waals surface area contributed by atoms with Crippen LogP contribution in [0.3, 0.4) is 0 Å². The quantitative estimate of drug-likeness (QED) is 0.482. The van der Waals surface area contributed by atoms with Crippen LogP contribution in [0, 0.1) is 0 Å². The molecule has 1 aromatic carbocycles. The smallest absolute Gasteiger partial charge is 0.254 e. The van der Waals surface area contributed by atoms with Gasteiger partial charge in [-0.2, -0.15) is 5.10 Å². The second-order valence-corrected chi connectivity index (χ2v) is 8.30. The third-order valence-corrected chi connectivity index (χ3v) is 5.81. The predicted molar refractivity (Wildman–Crippen MR) is 128 cm³/mol. The first kappa shape index (κ1) is 21.8. The summed E-state index contributed by atoms with van der Waals surface area (Å²) in [7, 11) is 0. The van der Waals surface area contributed by atoms with Crippen LogP contribution in [0.25, 0.3) is 16.7 Å². The first-order chi connectivity index (χ1) is 16.5. The summed E-state index contributed by atoms with van der Waals surface area (Å²) in [5.41, 5.74) is 1.99. The van der Waals surface area contributed by atoms with Gasteiger partial charge < -0.3 is 15.1 Å². The van der Waals surface area contributed by atoms with Crippen molar-refractivity contribution in [2.45, 2.75) is 6.92 Å². The molecule has 0 aliphatic carbocycles. The van der Waals surface area contributed by atoms with E-state index in [0.717, 1.165) is 16.9 Å². The molecule has 34 heavy (non-hydrogen) atoms. The third kappa shape index (κ3) is 4.27. The van der Waals surface area contributed by atoms with Crippen molar-refractivity contribution in [3.05, 3.63) is 65.7 Å². The van der Waals surface area contributed by atoms with E-state index in [-0.39, 0.29) is 11.8 Å². The summed E-state index contributed by atoms with van der Waals surface area (Å²) in [6.07, 6.45) is 4.80. The van der Waals surface area contributed by atoms with Crippen molar-refractivity contribution in [1.29, 1.82) is 0 Å². The average molecular weight is 477 g/mol. The summed E-state index contributed by atoms with van der Waals surface area (Å²) >= 11 is 6.14. The summed E-state index contributed by atoms with van der Waals surface area (Å²) in [6, 6.07) is 10.7. The molecule has 0 atom stereocenters. The molecule has 0 unspecified atom stereocenters. The highest BCUT2D eigenvalue weighted by Gasteiger charge is 2.25. The Morgan fingerprint density at radius 3 is 2.62 bits per heavy atom. The molecule has 4 heterocycles. The van der Waals surface area contributed by atoms with Gasteiger partial charge in [-0.15, -0.1) is 0 Å². The standard InChI is InChI=1S/C23H21ClN8O2/c1-15(33)29-20-11-16(5-6-25-20)23(34)31-9-7-30(8-10-31)21-19-13-28-32(22(19)27-14-26-21)18-4-2-3-17(24)12-18/h2-6,11-14H,7-10H2,1H3,(H,25,29,33). The number of carbonyl (C=O) groups excluding carboxylic acids is 2. The zero-order chi connectivity index (χ0) is 23.7. The molecule has 172 valence electrons. The summed E-state index contributed by atoms with van der Waals surface area (Å²) in [6.45, 7) is 3.70. The maximum absolute atomic E-state index is 13.0. The first-order valence-electron chi connectivity index (χ1n) is 10.7. The SMILES string of the molecule is CC(=O)Nc1cc(C(=O)N2CCN(c3ncnc4c3cnn4-c3cccc(Cl)c3)CC2)ccn1. The van der Waals surface area contributed by atoms with E-state index in [1.54, 1.807) is 27.9 Å². The molecular formula is C23H21ClN8O2. The Kier molecular flexibility index (Phi) is 5.81. The van der Waals surface area contributed by atoms with Gasteiger partial charge in [-0.25, -0.2) is 19.6 Å². The van der Waals surface area contributed by atoms with Crippen LogP contribution in [0.15, 0.2) is 55.1 Å². The van der Waals surface area contributed by atoms with Crippen LogP contribution < -0.4 is 10.2 Å². The van der Waals surface area contributed by atoms with Crippen LogP contribution in [0.1, 0.15) is 17.3 Å². The lowest BCUT2D eigenvalue weighted by atomic mass is 10.2. The molecule has 1 aliphatic rings. The molecule has 0 spiro atoms. The Morgan fingerprint density at radius 2 is 1.85 bits per heavy atom. The van der Waals surface area contributed by atoms with Crippen LogP contribution >= 0.6 is 11.6 Å². The summed E-state index contributed by atoms with van der Waals surface area (Å²) in [5, 5.41) is 8.56. The lowest BCUT2D eigenvalue weighted by molar-refractivity contribution is -0.114. The van der Waals surface area contributed by atoms with Gasteiger partial charge in [-0.3, -0.25) is 9.59 Å². The predicted octanol–water partition coefficient (Wildman–Crippen LogP) is 2.78. The van der Waals surface area contributed by atoms with Crippen molar-refractivity contribution in [3.63, 3.8) is 0 Å². The van der Waals surface area contributed by atoms with Gasteiger partial charge >= 0.3 is 0 Å². The molecule has 4 aromatic rings. The van der Waals surface area contributed by atoms with Gasteiger partial charge in [0.1, 0.15) is 18.0 Å². The highest BCUT2D eigenvalue weighted by atomic mass is 35.5. The number of nitrogens with one attached hydrogen (secondary N) is 1. The minimum Gasteiger partial charge on any atom is -0.352 e. The van der Waals surface area contributed by atoms with Crippen molar-refractivity contribution in [2.24, 2.45) is 0 Å². The fourth-order valence-electron chi connectivity index (χ4n) is 4.00. The second kappa shape index (κ2) is 9.06. The summed E-state index contributed by atoms with van der Waals surface area (Å²) in [5.74, 6) is 0.801. The van der Waals surface area contributed by atoms with Crippen molar-refractivity contribution in [3.8, 4) is 5.69 Å². The summed E-state index contributed by atoms with van der Waals surface area (Å²) in [4.78, 5) is 41.2. The number of benzene rings is 1. The molecule has 5 rings (SSSR count). The highest BCUT2D eigenvalue weighted by Crippen LogP contribution is 2.26. The number of pyridine rings is 1. The normalized spacial score (nSPS) is 13.8. The number of hydrogen-bond donors (Lipinski definition) is 1. The third-order valence-electron chi connectivity index (χ3n) is 5.57. The average Bonchev–Trinajstić information content (AvgIpc) is 3.28. The topological polar surface area (TPSA) is 109 Å². The molecule has 1 fully saturated rings. The van der Waals surface area contributed by atoms with E-state index in [2.05, 4.69) is 30.3 Å². The number of amides is 2. The van der Waals surface area contributed by atoms with Crippen molar-refractivity contribution >= 4 is 46.1 Å². The molecule has 3 aromatic heterocycles. The minimum absolute atomic E-state index is 0.102. The number of hydrogen-bond acceptors (Lipinski definition) is 7. The van der Waals surface area contributed by atoms with Gasteiger partial charge in [-0.1, -0.05) is 17.7 Å². The number of halogens is 1. The van der Waals surface area contributed by atoms with E-state index in [4.69, 9.17) is 11.6 Å². The van der Waals surface area contributed by atoms with E-state index in [1.165, 1.54) is 19.4 Å². The lowest BCUT2D eigenvalue weighted by Crippen LogP contribution is -2.49. The van der Waals surface area contributed by atoms with Crippen molar-refractivity contribution in [1.82, 2.24) is 29.6 Å². The zero-order valence-corrected chi connectivity index (χ0v) is 19.1. The van der Waals surface area contributed by atoms with Gasteiger partial charge in [0.15, 0.2) is 5.65 Å². The van der Waals surface area contributed by atoms with E-state index >= 15 is 0 Å². The molecule has 0 radical (unpaired) electrons. The fourth-order valence-corrected chi connectivity index (χ4v) is 4.18. The Labute approximate surface area is 200 Å². The first-order valence-corrected chi connectivity index (χ1v) is 11.1. The van der Waals surface area contributed by atoms with Gasteiger partial charge in [0, 0.05) is 49.9 Å². The van der Waals surface area contributed by atoms with Gasteiger partial charge in [-0.05, 0) is 30.3 Å². The monoisotopic (exact) mass is 476 g/mol. The number of carbonyl (C=O) groups is 2. The number of aromatic nitrogens is 5. The molecule has 2 amide bonds. The Bertz CT molecular complexity index is 1380. The Hall–Kier alpha value is -4.05. The van der Waals surface area contributed by atoms with Crippen molar-refractivity contribution < 1.29 is 9.59 Å². The van der Waals surface area contributed by atoms with Crippen LogP contribution in [0.5, 0.6) is 0 Å². The van der Waals surface area contributed by atoms with E-state index in [0.29, 0.717) is 48.2 Å². The number of piperazine rings is 1. The van der Waals surface area contributed by atoms with Crippen LogP contribution in [-0.2, 0) is 4.79 Å². The van der Waals surface area contributed by atoms with Crippen LogP contribution in [-0.4, -0.2) is 67.6 Å². The Morgan fingerprint density at radius 1 is 1.03 bits per heavy atom. The van der Waals surface area contributed by atoms with Gasteiger partial charge in [0.05, 0.1) is 17.3 Å².